The molecule has 0 amide bonds. The second-order valence-corrected chi connectivity index (χ2v) is 4.75. The van der Waals surface area contributed by atoms with Crippen LogP contribution in [-0.2, 0) is 0 Å². The van der Waals surface area contributed by atoms with Gasteiger partial charge < -0.3 is 6.53 Å². The van der Waals surface area contributed by atoms with Gasteiger partial charge in [0.2, 0.25) is 0 Å². The molecule has 1 unspecified atom stereocenters. The summed E-state index contributed by atoms with van der Waals surface area (Å²) in [6, 6.07) is 0. The van der Waals surface area contributed by atoms with Crippen molar-refractivity contribution in [2.45, 2.75) is 69.7 Å². The zero-order valence-electron chi connectivity index (χ0n) is 10.8. The molecule has 0 rings (SSSR count). The number of unbranched alkanes of at least 4 members (excludes halogenated alkanes) is 7. The van der Waals surface area contributed by atoms with Crippen molar-refractivity contribution in [3.05, 3.63) is 0 Å². The molecule has 0 heterocycles. The van der Waals surface area contributed by atoms with Gasteiger partial charge in [-0.25, -0.2) is 0 Å². The van der Waals surface area contributed by atoms with Crippen LogP contribution < -0.4 is 18.9 Å². The molecule has 0 aromatic carbocycles. The molecule has 0 spiro atoms. The number of hydrogen-bond donors (Lipinski definition) is 1. The molecular weight excluding hydrogens is 235 g/mol. The van der Waals surface area contributed by atoms with E-state index in [1.807, 2.05) is 0 Å². The summed E-state index contributed by atoms with van der Waals surface area (Å²) in [4.78, 5) is 0. The van der Waals surface area contributed by atoms with Crippen molar-refractivity contribution in [3.8, 4) is 0 Å². The number of aliphatic hydroxyl groups is 1. The van der Waals surface area contributed by atoms with Crippen LogP contribution in [0, 0.1) is 0 Å². The van der Waals surface area contributed by atoms with E-state index < -0.39 is 0 Å². The van der Waals surface area contributed by atoms with E-state index in [1.54, 1.807) is 0 Å². The molecule has 0 fully saturated rings. The maximum absolute atomic E-state index is 8.94. The van der Waals surface area contributed by atoms with Crippen LogP contribution in [0.2, 0.25) is 0 Å². The smallest absolute Gasteiger partial charge is 1.00 e. The van der Waals surface area contributed by atoms with E-state index in [2.05, 4.69) is 22.9 Å². The van der Waals surface area contributed by atoms with Gasteiger partial charge >= 0.3 is 18.9 Å². The molecule has 3 heteroatoms. The Balaban J connectivity index is -0.000000720. The molecule has 0 aliphatic heterocycles. The normalized spacial score (nSPS) is 12.2. The zero-order chi connectivity index (χ0) is 9.94. The van der Waals surface area contributed by atoms with Gasteiger partial charge in [0.1, 0.15) is 5.01 Å². The van der Waals surface area contributed by atoms with Crippen LogP contribution >= 0.6 is 15.9 Å². The fraction of sp³-hybridized carbons (Fsp3) is 1.00. The largest absolute Gasteiger partial charge is 1.00 e. The van der Waals surface area contributed by atoms with Crippen molar-refractivity contribution in [2.24, 2.45) is 0 Å². The van der Waals surface area contributed by atoms with Crippen LogP contribution in [0.25, 0.3) is 0 Å². The Bertz CT molecular complexity index is 105. The second-order valence-electron chi connectivity index (χ2n) is 3.70. The van der Waals surface area contributed by atoms with Crippen LogP contribution in [0.1, 0.15) is 66.1 Å². The van der Waals surface area contributed by atoms with E-state index >= 15 is 0 Å². The maximum Gasteiger partial charge on any atom is 1.00 e. The molecule has 0 radical (unpaired) electrons. The summed E-state index contributed by atoms with van der Waals surface area (Å²) in [6.07, 6.45) is 11.5. The zero-order valence-corrected chi connectivity index (χ0v) is 11.4. The van der Waals surface area contributed by atoms with E-state index in [1.165, 1.54) is 44.9 Å². The third kappa shape index (κ3) is 15.5. The van der Waals surface area contributed by atoms with Crippen molar-refractivity contribution < 1.29 is 25.4 Å². The average molecular weight is 259 g/mol. The molecule has 1 atom stereocenters. The summed E-state index contributed by atoms with van der Waals surface area (Å²) in [5.74, 6) is 0. The predicted octanol–water partition coefficient (Wildman–Crippen LogP) is 1.35. The van der Waals surface area contributed by atoms with Crippen LogP contribution in [-0.4, -0.2) is 10.1 Å². The summed E-state index contributed by atoms with van der Waals surface area (Å²) >= 11 is 3.13. The average Bonchev–Trinajstić information content (AvgIpc) is 2.09. The van der Waals surface area contributed by atoms with Crippen molar-refractivity contribution in [1.29, 1.82) is 0 Å². The second kappa shape index (κ2) is 14.0. The van der Waals surface area contributed by atoms with Gasteiger partial charge in [-0.2, -0.15) is 0 Å². The minimum Gasteiger partial charge on any atom is -1.00 e. The SMILES string of the molecule is CCCCCCCCCCC(O)Br.[H-].[Li+]. The first-order valence-electron chi connectivity index (χ1n) is 5.59. The van der Waals surface area contributed by atoms with Crippen molar-refractivity contribution in [3.63, 3.8) is 0 Å². The Morgan fingerprint density at radius 3 is 1.86 bits per heavy atom. The Morgan fingerprint density at radius 1 is 1.00 bits per heavy atom. The van der Waals surface area contributed by atoms with Crippen molar-refractivity contribution >= 4 is 15.9 Å². The Morgan fingerprint density at radius 2 is 1.43 bits per heavy atom. The van der Waals surface area contributed by atoms with Gasteiger partial charge in [-0.05, 0) is 12.8 Å². The summed E-state index contributed by atoms with van der Waals surface area (Å²) in [5, 5.41) is 8.66. The molecule has 0 aromatic rings. The molecule has 0 saturated heterocycles. The van der Waals surface area contributed by atoms with Crippen LogP contribution in [0.3, 0.4) is 0 Å². The Kier molecular flexibility index (Phi) is 17.5. The minimum absolute atomic E-state index is 0. The number of halogens is 1. The third-order valence-corrected chi connectivity index (χ3v) is 2.75. The fourth-order valence-electron chi connectivity index (χ4n) is 1.45. The number of rotatable bonds is 9. The van der Waals surface area contributed by atoms with Crippen LogP contribution in [0.4, 0.5) is 0 Å². The van der Waals surface area contributed by atoms with Gasteiger partial charge in [0.15, 0.2) is 0 Å². The summed E-state index contributed by atoms with van der Waals surface area (Å²) in [7, 11) is 0. The molecule has 14 heavy (non-hydrogen) atoms. The first-order valence-corrected chi connectivity index (χ1v) is 6.51. The van der Waals surface area contributed by atoms with E-state index in [0.717, 1.165) is 12.8 Å². The van der Waals surface area contributed by atoms with E-state index in [-0.39, 0.29) is 25.3 Å². The number of alkyl halides is 1. The fourth-order valence-corrected chi connectivity index (χ4v) is 1.77. The molecule has 0 aromatic heterocycles. The Hall–Kier alpha value is 1.04. The molecule has 1 N–H and O–H groups in total. The summed E-state index contributed by atoms with van der Waals surface area (Å²) in [5.41, 5.74) is 0. The van der Waals surface area contributed by atoms with Gasteiger partial charge in [0, 0.05) is 0 Å². The van der Waals surface area contributed by atoms with Crippen molar-refractivity contribution in [1.82, 2.24) is 0 Å². The van der Waals surface area contributed by atoms with Gasteiger partial charge in [-0.15, -0.1) is 0 Å². The summed E-state index contributed by atoms with van der Waals surface area (Å²) < 4.78 is 0. The van der Waals surface area contributed by atoms with Gasteiger partial charge in [-0.1, -0.05) is 67.8 Å². The Labute approximate surface area is 111 Å². The van der Waals surface area contributed by atoms with E-state index in [9.17, 15) is 0 Å². The molecule has 0 saturated carbocycles. The molecule has 1 nitrogen and oxygen atoms in total. The van der Waals surface area contributed by atoms with E-state index in [0.29, 0.717) is 0 Å². The maximum atomic E-state index is 8.94. The van der Waals surface area contributed by atoms with E-state index in [4.69, 9.17) is 5.11 Å². The molecule has 0 aliphatic rings. The van der Waals surface area contributed by atoms with Gasteiger partial charge in [0.25, 0.3) is 0 Å². The topological polar surface area (TPSA) is 20.2 Å². The first kappa shape index (κ1) is 17.4. The monoisotopic (exact) mass is 258 g/mol. The third-order valence-electron chi connectivity index (χ3n) is 2.30. The standard InChI is InChI=1S/C11H23BrO.Li.H/c1-2-3-4-5-6-7-8-9-10-11(12)13;;/h11,13H,2-10H2,1H3;;/q;+1;-1. The van der Waals surface area contributed by atoms with Gasteiger partial charge in [0.05, 0.1) is 0 Å². The first-order chi connectivity index (χ1) is 6.27. The molecule has 0 bridgehead atoms. The minimum atomic E-state index is -0.285. The van der Waals surface area contributed by atoms with Crippen LogP contribution in [0.5, 0.6) is 0 Å². The van der Waals surface area contributed by atoms with Gasteiger partial charge in [-0.3, -0.25) is 0 Å². The molecular formula is C11H24BrLiO. The summed E-state index contributed by atoms with van der Waals surface area (Å²) in [6.45, 7) is 2.25. The quantitative estimate of drug-likeness (QED) is 0.376. The van der Waals surface area contributed by atoms with Crippen molar-refractivity contribution in [2.75, 3.05) is 0 Å². The number of aliphatic hydroxyl groups excluding tert-OH is 1. The predicted molar refractivity (Wildman–Crippen MR) is 63.3 cm³/mol. The number of hydrogen-bond acceptors (Lipinski definition) is 1. The molecule has 82 valence electrons. The molecule has 0 aliphatic carbocycles. The van der Waals surface area contributed by atoms with Crippen LogP contribution in [0.15, 0.2) is 0 Å².